The first kappa shape index (κ1) is 23.1. The van der Waals surface area contributed by atoms with Gasteiger partial charge in [-0.3, -0.25) is 0 Å². The molecule has 2 rings (SSSR count). The Hall–Kier alpha value is -2.15. The van der Waals surface area contributed by atoms with Crippen molar-refractivity contribution in [1.29, 1.82) is 0 Å². The fraction of sp³-hybridized carbons (Fsp3) is 0.478. The van der Waals surface area contributed by atoms with E-state index in [9.17, 15) is 9.50 Å². The first-order valence-electron chi connectivity index (χ1n) is 10.2. The Kier molecular flexibility index (Phi) is 9.91. The van der Waals surface area contributed by atoms with Crippen molar-refractivity contribution >= 4 is 0 Å². The topological polar surface area (TPSA) is 54.0 Å². The SMILES string of the molecule is CCN(CC)CC(O)COc1ccc(CNCCc2ccc(F)cc2)cc1OC. The van der Waals surface area contributed by atoms with Crippen LogP contribution in [0.1, 0.15) is 25.0 Å². The van der Waals surface area contributed by atoms with Crippen molar-refractivity contribution < 1.29 is 19.0 Å². The molecule has 0 aliphatic rings. The van der Waals surface area contributed by atoms with Gasteiger partial charge in [-0.2, -0.15) is 0 Å². The van der Waals surface area contributed by atoms with E-state index in [2.05, 4.69) is 24.1 Å². The fourth-order valence-electron chi connectivity index (χ4n) is 3.08. The lowest BCUT2D eigenvalue weighted by atomic mass is 10.1. The van der Waals surface area contributed by atoms with E-state index in [1.54, 1.807) is 19.2 Å². The zero-order valence-electron chi connectivity index (χ0n) is 17.7. The van der Waals surface area contributed by atoms with Crippen molar-refractivity contribution in [3.05, 3.63) is 59.4 Å². The van der Waals surface area contributed by atoms with Gasteiger partial charge < -0.3 is 24.8 Å². The van der Waals surface area contributed by atoms with Crippen LogP contribution in [0.25, 0.3) is 0 Å². The van der Waals surface area contributed by atoms with E-state index in [-0.39, 0.29) is 12.4 Å². The average molecular weight is 405 g/mol. The van der Waals surface area contributed by atoms with Gasteiger partial charge in [-0.05, 0) is 61.4 Å². The number of benzene rings is 2. The van der Waals surface area contributed by atoms with Crippen LogP contribution in [0.3, 0.4) is 0 Å². The van der Waals surface area contributed by atoms with E-state index in [4.69, 9.17) is 9.47 Å². The van der Waals surface area contributed by atoms with Gasteiger partial charge >= 0.3 is 0 Å². The van der Waals surface area contributed by atoms with Gasteiger partial charge in [-0.1, -0.05) is 32.0 Å². The van der Waals surface area contributed by atoms with E-state index in [0.717, 1.165) is 37.2 Å². The molecule has 0 aliphatic heterocycles. The minimum absolute atomic E-state index is 0.211. The molecule has 0 spiro atoms. The third kappa shape index (κ3) is 8.01. The molecular weight excluding hydrogens is 371 g/mol. The number of halogens is 1. The Labute approximate surface area is 173 Å². The number of hydrogen-bond acceptors (Lipinski definition) is 5. The largest absolute Gasteiger partial charge is 0.493 e. The van der Waals surface area contributed by atoms with E-state index in [1.807, 2.05) is 18.2 Å². The summed E-state index contributed by atoms with van der Waals surface area (Å²) < 4.78 is 24.2. The smallest absolute Gasteiger partial charge is 0.161 e. The Morgan fingerprint density at radius 1 is 1.03 bits per heavy atom. The molecule has 2 aromatic carbocycles. The number of aliphatic hydroxyl groups excluding tert-OH is 1. The fourth-order valence-corrected chi connectivity index (χ4v) is 3.08. The van der Waals surface area contributed by atoms with Crippen LogP contribution in [0.2, 0.25) is 0 Å². The normalized spacial score (nSPS) is 12.2. The minimum atomic E-state index is -0.549. The van der Waals surface area contributed by atoms with Gasteiger partial charge in [-0.25, -0.2) is 4.39 Å². The summed E-state index contributed by atoms with van der Waals surface area (Å²) in [6, 6.07) is 12.4. The summed E-state index contributed by atoms with van der Waals surface area (Å²) in [5.41, 5.74) is 2.18. The maximum atomic E-state index is 12.9. The molecule has 1 unspecified atom stereocenters. The van der Waals surface area contributed by atoms with Crippen LogP contribution < -0.4 is 14.8 Å². The van der Waals surface area contributed by atoms with Crippen LogP contribution in [0.5, 0.6) is 11.5 Å². The van der Waals surface area contributed by atoms with E-state index >= 15 is 0 Å². The number of nitrogens with one attached hydrogen (secondary N) is 1. The summed E-state index contributed by atoms with van der Waals surface area (Å²) in [5.74, 6) is 1.07. The van der Waals surface area contributed by atoms with Gasteiger partial charge in [0.05, 0.1) is 7.11 Å². The van der Waals surface area contributed by atoms with Gasteiger partial charge in [-0.15, -0.1) is 0 Å². The predicted molar refractivity (Wildman–Crippen MR) is 114 cm³/mol. The second-order valence-electron chi connectivity index (χ2n) is 6.99. The molecule has 6 heteroatoms. The van der Waals surface area contributed by atoms with Crippen LogP contribution in [0, 0.1) is 5.82 Å². The first-order chi connectivity index (χ1) is 14.0. The third-order valence-electron chi connectivity index (χ3n) is 4.86. The Morgan fingerprint density at radius 3 is 2.38 bits per heavy atom. The molecule has 29 heavy (non-hydrogen) atoms. The lowest BCUT2D eigenvalue weighted by Crippen LogP contribution is -2.35. The number of ether oxygens (including phenoxy) is 2. The molecule has 2 aromatic rings. The average Bonchev–Trinajstić information content (AvgIpc) is 2.75. The maximum absolute atomic E-state index is 12.9. The van der Waals surface area contributed by atoms with Gasteiger partial charge in [0.2, 0.25) is 0 Å². The number of likely N-dealkylation sites (N-methyl/N-ethyl adjacent to an activating group) is 1. The Morgan fingerprint density at radius 2 is 1.72 bits per heavy atom. The molecule has 5 nitrogen and oxygen atoms in total. The second kappa shape index (κ2) is 12.4. The number of nitrogens with zero attached hydrogens (tertiary/aromatic N) is 1. The van der Waals surface area contributed by atoms with Crippen LogP contribution in [-0.4, -0.2) is 56.0 Å². The maximum Gasteiger partial charge on any atom is 0.161 e. The van der Waals surface area contributed by atoms with Gasteiger partial charge in [0.25, 0.3) is 0 Å². The van der Waals surface area contributed by atoms with Crippen LogP contribution in [0.15, 0.2) is 42.5 Å². The summed E-state index contributed by atoms with van der Waals surface area (Å²) in [4.78, 5) is 2.16. The van der Waals surface area contributed by atoms with Crippen molar-refractivity contribution in [1.82, 2.24) is 10.2 Å². The van der Waals surface area contributed by atoms with Crippen molar-refractivity contribution in [3.8, 4) is 11.5 Å². The lowest BCUT2D eigenvalue weighted by molar-refractivity contribution is 0.0705. The Balaban J connectivity index is 1.80. The molecule has 0 radical (unpaired) electrons. The molecule has 0 amide bonds. The number of aliphatic hydroxyl groups is 1. The van der Waals surface area contributed by atoms with E-state index in [1.165, 1.54) is 12.1 Å². The third-order valence-corrected chi connectivity index (χ3v) is 4.86. The Bertz CT molecular complexity index is 721. The summed E-state index contributed by atoms with van der Waals surface area (Å²) in [6.07, 6.45) is 0.288. The van der Waals surface area contributed by atoms with Crippen molar-refractivity contribution in [2.24, 2.45) is 0 Å². The molecule has 0 saturated carbocycles. The number of hydrogen-bond donors (Lipinski definition) is 2. The summed E-state index contributed by atoms with van der Waals surface area (Å²) in [7, 11) is 1.61. The highest BCUT2D eigenvalue weighted by Crippen LogP contribution is 2.28. The lowest BCUT2D eigenvalue weighted by Gasteiger charge is -2.22. The number of methoxy groups -OCH3 is 1. The summed E-state index contributed by atoms with van der Waals surface area (Å²) in [6.45, 7) is 8.26. The van der Waals surface area contributed by atoms with E-state index < -0.39 is 6.10 Å². The predicted octanol–water partition coefficient (Wildman–Crippen LogP) is 3.25. The zero-order chi connectivity index (χ0) is 21.1. The van der Waals surface area contributed by atoms with Crippen LogP contribution >= 0.6 is 0 Å². The van der Waals surface area contributed by atoms with Gasteiger partial charge in [0.15, 0.2) is 11.5 Å². The first-order valence-corrected chi connectivity index (χ1v) is 10.2. The van der Waals surface area contributed by atoms with Crippen LogP contribution in [0.4, 0.5) is 4.39 Å². The highest BCUT2D eigenvalue weighted by atomic mass is 19.1. The molecule has 1 atom stereocenters. The van der Waals surface area contributed by atoms with Gasteiger partial charge in [0, 0.05) is 13.1 Å². The molecule has 160 valence electrons. The second-order valence-corrected chi connectivity index (χ2v) is 6.99. The van der Waals surface area contributed by atoms with Crippen LogP contribution in [-0.2, 0) is 13.0 Å². The van der Waals surface area contributed by atoms with E-state index in [0.29, 0.717) is 24.6 Å². The van der Waals surface area contributed by atoms with Crippen molar-refractivity contribution in [2.45, 2.75) is 32.9 Å². The molecule has 0 saturated heterocycles. The molecule has 0 aromatic heterocycles. The van der Waals surface area contributed by atoms with Crippen molar-refractivity contribution in [3.63, 3.8) is 0 Å². The highest BCUT2D eigenvalue weighted by Gasteiger charge is 2.12. The zero-order valence-corrected chi connectivity index (χ0v) is 17.7. The van der Waals surface area contributed by atoms with Gasteiger partial charge in [0.1, 0.15) is 18.5 Å². The summed E-state index contributed by atoms with van der Waals surface area (Å²) >= 11 is 0. The minimum Gasteiger partial charge on any atom is -0.493 e. The summed E-state index contributed by atoms with van der Waals surface area (Å²) in [5, 5.41) is 13.6. The monoisotopic (exact) mass is 404 g/mol. The highest BCUT2D eigenvalue weighted by molar-refractivity contribution is 5.43. The molecule has 0 bridgehead atoms. The molecular formula is C23H33FN2O3. The molecule has 0 heterocycles. The molecule has 0 fully saturated rings. The standard InChI is InChI=1S/C23H33FN2O3/c1-4-26(5-2)16-21(27)17-29-22-11-8-19(14-23(22)28-3)15-25-13-12-18-6-9-20(24)10-7-18/h6-11,14,21,25,27H,4-5,12-13,15-17H2,1-3H3. The molecule has 0 aliphatic carbocycles. The molecule has 2 N–H and O–H groups in total. The quantitative estimate of drug-likeness (QED) is 0.502. The number of rotatable bonds is 13. The van der Waals surface area contributed by atoms with Crippen molar-refractivity contribution in [2.75, 3.05) is 39.9 Å².